The summed E-state index contributed by atoms with van der Waals surface area (Å²) >= 11 is 0. The summed E-state index contributed by atoms with van der Waals surface area (Å²) in [6.45, 7) is 4.10. The highest BCUT2D eigenvalue weighted by Gasteiger charge is 2.11. The Hall–Kier alpha value is -1.88. The van der Waals surface area contributed by atoms with Gasteiger partial charge in [0.1, 0.15) is 0 Å². The fourth-order valence-electron chi connectivity index (χ4n) is 2.18. The van der Waals surface area contributed by atoms with E-state index in [1.165, 1.54) is 0 Å². The van der Waals surface area contributed by atoms with Crippen molar-refractivity contribution in [2.24, 2.45) is 0 Å². The highest BCUT2D eigenvalue weighted by atomic mass is 16.4. The average molecular weight is 261 g/mol. The van der Waals surface area contributed by atoms with E-state index in [2.05, 4.69) is 24.2 Å². The monoisotopic (exact) mass is 261 g/mol. The lowest BCUT2D eigenvalue weighted by Gasteiger charge is -2.13. The quantitative estimate of drug-likeness (QED) is 0.863. The predicted molar refractivity (Wildman–Crippen MR) is 74.0 cm³/mol. The molecular weight excluding hydrogens is 242 g/mol. The molecule has 1 heterocycles. The minimum atomic E-state index is -0.768. The molecule has 0 spiro atoms. The van der Waals surface area contributed by atoms with Gasteiger partial charge in [-0.15, -0.1) is 0 Å². The summed E-state index contributed by atoms with van der Waals surface area (Å²) in [4.78, 5) is 12.6. The van der Waals surface area contributed by atoms with Gasteiger partial charge in [-0.3, -0.25) is 14.4 Å². The number of fused-ring (bicyclic) bond motifs is 1. The maximum Gasteiger partial charge on any atom is 0.304 e. The van der Waals surface area contributed by atoms with Crippen LogP contribution in [0.3, 0.4) is 0 Å². The molecule has 2 aromatic rings. The Balaban J connectivity index is 2.18. The van der Waals surface area contributed by atoms with Crippen molar-refractivity contribution in [1.29, 1.82) is 0 Å². The Bertz CT molecular complexity index is 577. The molecule has 1 aromatic carbocycles. The van der Waals surface area contributed by atoms with Crippen LogP contribution in [0.5, 0.6) is 0 Å². The van der Waals surface area contributed by atoms with Crippen molar-refractivity contribution in [3.05, 3.63) is 30.0 Å². The van der Waals surface area contributed by atoms with Crippen LogP contribution in [0.1, 0.15) is 19.0 Å². The third-order valence-electron chi connectivity index (χ3n) is 3.16. The Morgan fingerprint density at radius 2 is 2.16 bits per heavy atom. The van der Waals surface area contributed by atoms with E-state index in [-0.39, 0.29) is 6.42 Å². The van der Waals surface area contributed by atoms with Gasteiger partial charge in [0.2, 0.25) is 0 Å². The first kappa shape index (κ1) is 13.5. The number of carboxylic acid groups (broad SMARTS) is 1. The molecule has 0 saturated carbocycles. The van der Waals surface area contributed by atoms with Crippen LogP contribution in [0, 0.1) is 0 Å². The van der Waals surface area contributed by atoms with Gasteiger partial charge in [0.15, 0.2) is 0 Å². The molecule has 0 saturated heterocycles. The zero-order chi connectivity index (χ0) is 13.8. The molecule has 0 fully saturated rings. The topological polar surface area (TPSA) is 58.4 Å². The Labute approximate surface area is 112 Å². The highest BCUT2D eigenvalue weighted by molar-refractivity contribution is 5.81. The molecule has 0 atom stereocenters. The van der Waals surface area contributed by atoms with Crippen molar-refractivity contribution in [3.8, 4) is 0 Å². The lowest BCUT2D eigenvalue weighted by Crippen LogP contribution is -2.21. The van der Waals surface area contributed by atoms with Crippen molar-refractivity contribution in [2.45, 2.75) is 26.4 Å². The van der Waals surface area contributed by atoms with Gasteiger partial charge in [-0.25, -0.2) is 0 Å². The molecule has 0 aliphatic rings. The zero-order valence-corrected chi connectivity index (χ0v) is 11.3. The molecule has 0 bridgehead atoms. The van der Waals surface area contributed by atoms with E-state index in [1.807, 2.05) is 28.8 Å². The molecular formula is C14H19N3O2. The van der Waals surface area contributed by atoms with Crippen LogP contribution < -0.4 is 0 Å². The van der Waals surface area contributed by atoms with Crippen molar-refractivity contribution < 1.29 is 9.90 Å². The number of aromatic nitrogens is 2. The van der Waals surface area contributed by atoms with Crippen molar-refractivity contribution in [1.82, 2.24) is 14.7 Å². The molecule has 0 amide bonds. The SMILES string of the molecule is CCn1nc(CN(C)CCC(=O)O)c2ccccc21. The molecule has 0 unspecified atom stereocenters. The van der Waals surface area contributed by atoms with Crippen LogP contribution in [0.15, 0.2) is 24.3 Å². The van der Waals surface area contributed by atoms with Gasteiger partial charge in [0.25, 0.3) is 0 Å². The van der Waals surface area contributed by atoms with E-state index in [4.69, 9.17) is 5.11 Å². The third-order valence-corrected chi connectivity index (χ3v) is 3.16. The molecule has 19 heavy (non-hydrogen) atoms. The summed E-state index contributed by atoms with van der Waals surface area (Å²) in [5, 5.41) is 14.4. The van der Waals surface area contributed by atoms with E-state index in [9.17, 15) is 4.79 Å². The van der Waals surface area contributed by atoms with Crippen LogP contribution in [-0.4, -0.2) is 39.3 Å². The number of aliphatic carboxylic acids is 1. The van der Waals surface area contributed by atoms with Crippen molar-refractivity contribution in [2.75, 3.05) is 13.6 Å². The van der Waals surface area contributed by atoms with Gasteiger partial charge >= 0.3 is 5.97 Å². The van der Waals surface area contributed by atoms with Gasteiger partial charge in [0.05, 0.1) is 17.6 Å². The van der Waals surface area contributed by atoms with Gasteiger partial charge in [-0.2, -0.15) is 5.10 Å². The summed E-state index contributed by atoms with van der Waals surface area (Å²) in [7, 11) is 1.92. The molecule has 1 aromatic heterocycles. The van der Waals surface area contributed by atoms with Crippen molar-refractivity contribution >= 4 is 16.9 Å². The number of carbonyl (C=O) groups is 1. The zero-order valence-electron chi connectivity index (χ0n) is 11.3. The fraction of sp³-hybridized carbons (Fsp3) is 0.429. The van der Waals surface area contributed by atoms with E-state index >= 15 is 0 Å². The minimum absolute atomic E-state index is 0.156. The van der Waals surface area contributed by atoms with Gasteiger partial charge in [0, 0.05) is 25.0 Å². The molecule has 0 aliphatic heterocycles. The molecule has 2 rings (SSSR count). The number of rotatable bonds is 6. The third kappa shape index (κ3) is 3.12. The molecule has 5 heteroatoms. The Kier molecular flexibility index (Phi) is 4.16. The number of benzene rings is 1. The number of hydrogen-bond donors (Lipinski definition) is 1. The fourth-order valence-corrected chi connectivity index (χ4v) is 2.18. The number of carboxylic acids is 1. The summed E-state index contributed by atoms with van der Waals surface area (Å²) in [6, 6.07) is 8.14. The predicted octanol–water partition coefficient (Wildman–Crippen LogP) is 1.96. The van der Waals surface area contributed by atoms with E-state index in [0.717, 1.165) is 23.1 Å². The summed E-state index contributed by atoms with van der Waals surface area (Å²) in [5.74, 6) is -0.768. The highest BCUT2D eigenvalue weighted by Crippen LogP contribution is 2.19. The summed E-state index contributed by atoms with van der Waals surface area (Å²) in [5.41, 5.74) is 2.14. The lowest BCUT2D eigenvalue weighted by atomic mass is 10.2. The summed E-state index contributed by atoms with van der Waals surface area (Å²) in [6.07, 6.45) is 0.156. The number of nitrogens with zero attached hydrogens (tertiary/aromatic N) is 3. The second-order valence-corrected chi connectivity index (χ2v) is 4.66. The van der Waals surface area contributed by atoms with Crippen LogP contribution in [0.2, 0.25) is 0 Å². The Morgan fingerprint density at radius 3 is 2.84 bits per heavy atom. The first-order chi connectivity index (χ1) is 9.11. The smallest absolute Gasteiger partial charge is 0.304 e. The normalized spacial score (nSPS) is 11.3. The number of aryl methyl sites for hydroxylation is 1. The summed E-state index contributed by atoms with van der Waals surface area (Å²) < 4.78 is 1.98. The maximum absolute atomic E-state index is 10.6. The van der Waals surface area contributed by atoms with Gasteiger partial charge in [-0.1, -0.05) is 18.2 Å². The van der Waals surface area contributed by atoms with E-state index in [1.54, 1.807) is 0 Å². The molecule has 0 aliphatic carbocycles. The standard InChI is InChI=1S/C14H19N3O2/c1-3-17-13-7-5-4-6-11(13)12(15-17)10-16(2)9-8-14(18)19/h4-7H,3,8-10H2,1-2H3,(H,18,19). The lowest BCUT2D eigenvalue weighted by molar-refractivity contribution is -0.137. The molecule has 102 valence electrons. The number of para-hydroxylation sites is 1. The van der Waals surface area contributed by atoms with Crippen molar-refractivity contribution in [3.63, 3.8) is 0 Å². The molecule has 1 N–H and O–H groups in total. The van der Waals surface area contributed by atoms with E-state index < -0.39 is 5.97 Å². The first-order valence-corrected chi connectivity index (χ1v) is 6.46. The minimum Gasteiger partial charge on any atom is -0.481 e. The first-order valence-electron chi connectivity index (χ1n) is 6.46. The second-order valence-electron chi connectivity index (χ2n) is 4.66. The van der Waals surface area contributed by atoms with Gasteiger partial charge in [-0.05, 0) is 20.0 Å². The van der Waals surface area contributed by atoms with Crippen LogP contribution in [0.4, 0.5) is 0 Å². The van der Waals surface area contributed by atoms with Crippen LogP contribution in [-0.2, 0) is 17.9 Å². The van der Waals surface area contributed by atoms with Gasteiger partial charge < -0.3 is 5.11 Å². The molecule has 0 radical (unpaired) electrons. The van der Waals surface area contributed by atoms with Crippen LogP contribution >= 0.6 is 0 Å². The molecule has 5 nitrogen and oxygen atoms in total. The Morgan fingerprint density at radius 1 is 1.42 bits per heavy atom. The largest absolute Gasteiger partial charge is 0.481 e. The van der Waals surface area contributed by atoms with Crippen LogP contribution in [0.25, 0.3) is 10.9 Å². The number of hydrogen-bond acceptors (Lipinski definition) is 3. The second kappa shape index (κ2) is 5.84. The average Bonchev–Trinajstić information content (AvgIpc) is 2.75. The van der Waals surface area contributed by atoms with E-state index in [0.29, 0.717) is 13.1 Å². The maximum atomic E-state index is 10.6.